The Kier molecular flexibility index (Phi) is 6.03. The molecule has 0 radical (unpaired) electrons. The van der Waals surface area contributed by atoms with E-state index in [9.17, 15) is 0 Å². The highest BCUT2D eigenvalue weighted by Gasteiger charge is 2.26. The summed E-state index contributed by atoms with van der Waals surface area (Å²) in [6, 6.07) is 8.46. The first-order valence-corrected chi connectivity index (χ1v) is 10.3. The highest BCUT2D eigenvalue weighted by Crippen LogP contribution is 2.30. The Morgan fingerprint density at radius 2 is 2.11 bits per heavy atom. The number of nitrogens with zero attached hydrogens (tertiary/aromatic N) is 4. The van der Waals surface area contributed by atoms with Crippen LogP contribution < -0.4 is 4.74 Å². The Bertz CT molecular complexity index is 835. The van der Waals surface area contributed by atoms with Crippen molar-refractivity contribution in [3.63, 3.8) is 0 Å². The van der Waals surface area contributed by atoms with Gasteiger partial charge in [-0.05, 0) is 32.5 Å². The van der Waals surface area contributed by atoms with Crippen LogP contribution in [0.5, 0.6) is 5.75 Å². The number of para-hydroxylation sites is 1. The second-order valence-corrected chi connectivity index (χ2v) is 7.84. The van der Waals surface area contributed by atoms with Crippen molar-refractivity contribution in [3.8, 4) is 5.75 Å². The van der Waals surface area contributed by atoms with Crippen LogP contribution in [0.3, 0.4) is 0 Å². The second kappa shape index (κ2) is 8.84. The summed E-state index contributed by atoms with van der Waals surface area (Å²) >= 11 is 0. The lowest BCUT2D eigenvalue weighted by Crippen LogP contribution is -2.35. The predicted octanol–water partition coefficient (Wildman–Crippen LogP) is 3.71. The van der Waals surface area contributed by atoms with Crippen molar-refractivity contribution in [2.45, 2.75) is 38.3 Å². The van der Waals surface area contributed by atoms with Crippen molar-refractivity contribution < 1.29 is 4.74 Å². The van der Waals surface area contributed by atoms with Gasteiger partial charge in [-0.2, -0.15) is 0 Å². The number of hydrogen-bond acceptors (Lipinski definition) is 5. The smallest absolute Gasteiger partial charge is 0.145 e. The fourth-order valence-electron chi connectivity index (χ4n) is 4.25. The molecule has 148 valence electrons. The molecule has 0 amide bonds. The minimum atomic E-state index is 0.320. The fourth-order valence-corrected chi connectivity index (χ4v) is 4.25. The normalized spacial score (nSPS) is 21.0. The summed E-state index contributed by atoms with van der Waals surface area (Å²) in [5.41, 5.74) is 3.65. The van der Waals surface area contributed by atoms with Gasteiger partial charge in [0.05, 0.1) is 13.2 Å². The first kappa shape index (κ1) is 19.1. The zero-order chi connectivity index (χ0) is 19.3. The zero-order valence-electron chi connectivity index (χ0n) is 17.0. The summed E-state index contributed by atoms with van der Waals surface area (Å²) in [4.78, 5) is 14.6. The lowest BCUT2D eigenvalue weighted by atomic mass is 10.0. The van der Waals surface area contributed by atoms with Crippen LogP contribution in [0.25, 0.3) is 6.08 Å². The van der Waals surface area contributed by atoms with E-state index < -0.39 is 0 Å². The van der Waals surface area contributed by atoms with Crippen molar-refractivity contribution in [2.75, 3.05) is 33.8 Å². The largest absolute Gasteiger partial charge is 0.496 e. The SMILES string of the molecule is COc1ccccc1/C=C/CN1CCCC[C@@H]1c1ncc2c(n1)CCN(C)C2. The van der Waals surface area contributed by atoms with Gasteiger partial charge in [-0.1, -0.05) is 36.8 Å². The van der Waals surface area contributed by atoms with Crippen LogP contribution in [0.2, 0.25) is 0 Å². The molecule has 1 aromatic heterocycles. The number of ether oxygens (including phenoxy) is 1. The van der Waals surface area contributed by atoms with Crippen LogP contribution in [-0.2, 0) is 13.0 Å². The molecule has 1 atom stereocenters. The van der Waals surface area contributed by atoms with E-state index in [0.29, 0.717) is 6.04 Å². The number of likely N-dealkylation sites (N-methyl/N-ethyl adjacent to an activating group) is 1. The van der Waals surface area contributed by atoms with E-state index in [2.05, 4.69) is 41.3 Å². The maximum atomic E-state index is 5.45. The molecule has 1 fully saturated rings. The molecule has 28 heavy (non-hydrogen) atoms. The molecule has 2 aliphatic rings. The summed E-state index contributed by atoms with van der Waals surface area (Å²) in [7, 11) is 3.88. The van der Waals surface area contributed by atoms with Gasteiger partial charge in [-0.3, -0.25) is 4.90 Å². The molecule has 3 heterocycles. The number of hydrogen-bond donors (Lipinski definition) is 0. The minimum absolute atomic E-state index is 0.320. The van der Waals surface area contributed by atoms with E-state index in [0.717, 1.165) is 56.2 Å². The Hall–Kier alpha value is -2.24. The van der Waals surface area contributed by atoms with Crippen molar-refractivity contribution in [1.29, 1.82) is 0 Å². The van der Waals surface area contributed by atoms with Gasteiger partial charge in [-0.25, -0.2) is 9.97 Å². The number of aromatic nitrogens is 2. The molecule has 5 heteroatoms. The van der Waals surface area contributed by atoms with Gasteiger partial charge in [0.2, 0.25) is 0 Å². The summed E-state index contributed by atoms with van der Waals surface area (Å²) < 4.78 is 5.45. The highest BCUT2D eigenvalue weighted by molar-refractivity contribution is 5.57. The van der Waals surface area contributed by atoms with Crippen LogP contribution in [0.1, 0.15) is 47.9 Å². The fraction of sp³-hybridized carbons (Fsp3) is 0.478. The van der Waals surface area contributed by atoms with Gasteiger partial charge in [0, 0.05) is 49.1 Å². The van der Waals surface area contributed by atoms with E-state index in [1.165, 1.54) is 24.1 Å². The molecule has 5 nitrogen and oxygen atoms in total. The van der Waals surface area contributed by atoms with E-state index >= 15 is 0 Å². The molecule has 0 saturated carbocycles. The van der Waals surface area contributed by atoms with Crippen LogP contribution >= 0.6 is 0 Å². The molecule has 0 unspecified atom stereocenters. The van der Waals surface area contributed by atoms with Crippen molar-refractivity contribution in [1.82, 2.24) is 19.8 Å². The summed E-state index contributed by atoms with van der Waals surface area (Å²) in [5.74, 6) is 1.92. The summed E-state index contributed by atoms with van der Waals surface area (Å²) in [6.45, 7) is 4.06. The van der Waals surface area contributed by atoms with E-state index in [4.69, 9.17) is 14.7 Å². The third-order valence-electron chi connectivity index (χ3n) is 5.83. The van der Waals surface area contributed by atoms with Crippen LogP contribution in [-0.4, -0.2) is 53.6 Å². The highest BCUT2D eigenvalue weighted by atomic mass is 16.5. The van der Waals surface area contributed by atoms with E-state index in [1.807, 2.05) is 18.2 Å². The van der Waals surface area contributed by atoms with Gasteiger partial charge < -0.3 is 9.64 Å². The van der Waals surface area contributed by atoms with Crippen molar-refractivity contribution >= 4 is 6.08 Å². The predicted molar refractivity (Wildman–Crippen MR) is 112 cm³/mol. The summed E-state index contributed by atoms with van der Waals surface area (Å²) in [6.07, 6.45) is 11.1. The van der Waals surface area contributed by atoms with Crippen LogP contribution in [0.4, 0.5) is 0 Å². The summed E-state index contributed by atoms with van der Waals surface area (Å²) in [5, 5.41) is 0. The maximum absolute atomic E-state index is 5.45. The maximum Gasteiger partial charge on any atom is 0.145 e. The molecule has 0 N–H and O–H groups in total. The third-order valence-corrected chi connectivity index (χ3v) is 5.83. The minimum Gasteiger partial charge on any atom is -0.496 e. The Morgan fingerprint density at radius 1 is 1.21 bits per heavy atom. The lowest BCUT2D eigenvalue weighted by Gasteiger charge is -2.34. The molecule has 1 aromatic carbocycles. The van der Waals surface area contributed by atoms with E-state index in [1.54, 1.807) is 7.11 Å². The molecule has 2 aromatic rings. The average Bonchev–Trinajstić information content (AvgIpc) is 2.74. The van der Waals surface area contributed by atoms with E-state index in [-0.39, 0.29) is 0 Å². The monoisotopic (exact) mass is 378 g/mol. The lowest BCUT2D eigenvalue weighted by molar-refractivity contribution is 0.158. The molecule has 1 saturated heterocycles. The quantitative estimate of drug-likeness (QED) is 0.793. The van der Waals surface area contributed by atoms with Gasteiger partial charge >= 0.3 is 0 Å². The number of piperidine rings is 1. The Balaban J connectivity index is 1.48. The number of likely N-dealkylation sites (tertiary alicyclic amines) is 1. The molecular weight excluding hydrogens is 348 g/mol. The van der Waals surface area contributed by atoms with Crippen LogP contribution in [0, 0.1) is 0 Å². The number of methoxy groups -OCH3 is 1. The molecule has 0 spiro atoms. The number of fused-ring (bicyclic) bond motifs is 1. The zero-order valence-corrected chi connectivity index (χ0v) is 17.0. The topological polar surface area (TPSA) is 41.5 Å². The Labute approximate surface area is 168 Å². The van der Waals surface area contributed by atoms with Gasteiger partial charge in [0.25, 0.3) is 0 Å². The molecule has 2 aliphatic heterocycles. The molecular formula is C23H30N4O. The number of rotatable bonds is 5. The van der Waals surface area contributed by atoms with Gasteiger partial charge in [0.1, 0.15) is 11.6 Å². The first-order valence-electron chi connectivity index (χ1n) is 10.3. The third kappa shape index (κ3) is 4.26. The number of benzene rings is 1. The standard InChI is InChI=1S/C23H30N4O/c1-26-15-12-20-19(17-26)16-24-23(25-20)21-10-5-6-13-27(21)14-7-9-18-8-3-4-11-22(18)28-2/h3-4,7-9,11,16,21H,5-6,10,12-15,17H2,1-2H3/b9-7+/t21-/m1/s1. The molecule has 4 rings (SSSR count). The Morgan fingerprint density at radius 3 is 3.00 bits per heavy atom. The van der Waals surface area contributed by atoms with Crippen molar-refractivity contribution in [2.24, 2.45) is 0 Å². The average molecular weight is 379 g/mol. The first-order chi connectivity index (χ1) is 13.7. The molecule has 0 bridgehead atoms. The van der Waals surface area contributed by atoms with Crippen LogP contribution in [0.15, 0.2) is 36.5 Å². The van der Waals surface area contributed by atoms with Gasteiger partial charge in [0.15, 0.2) is 0 Å². The van der Waals surface area contributed by atoms with Gasteiger partial charge in [-0.15, -0.1) is 0 Å². The van der Waals surface area contributed by atoms with Crippen molar-refractivity contribution in [3.05, 3.63) is 59.2 Å². The molecule has 0 aliphatic carbocycles. The second-order valence-electron chi connectivity index (χ2n) is 7.84.